The highest BCUT2D eigenvalue weighted by atomic mass is 16.4. The van der Waals surface area contributed by atoms with Crippen LogP contribution in [0.5, 0.6) is 0 Å². The highest BCUT2D eigenvalue weighted by molar-refractivity contribution is 5.84. The summed E-state index contributed by atoms with van der Waals surface area (Å²) in [7, 11) is 0. The Balaban J connectivity index is 2.25. The first kappa shape index (κ1) is 12.4. The molecule has 2 aromatic rings. The molecule has 0 saturated carbocycles. The molecule has 0 radical (unpaired) electrons. The largest absolute Gasteiger partial charge is 0.475 e. The van der Waals surface area contributed by atoms with E-state index >= 15 is 0 Å². The predicted octanol–water partition coefficient (Wildman–Crippen LogP) is 2.40. The van der Waals surface area contributed by atoms with E-state index in [1.165, 1.54) is 11.6 Å². The Kier molecular flexibility index (Phi) is 3.23. The number of aromatic nitrogens is 2. The van der Waals surface area contributed by atoms with Gasteiger partial charge < -0.3 is 9.52 Å². The first-order valence-corrected chi connectivity index (χ1v) is 5.87. The lowest BCUT2D eigenvalue weighted by Gasteiger charge is -2.02. The molecular formula is C13H16N2O3. The maximum absolute atomic E-state index is 10.7. The van der Waals surface area contributed by atoms with Gasteiger partial charge in [-0.15, -0.1) is 0 Å². The van der Waals surface area contributed by atoms with Crippen molar-refractivity contribution in [3.63, 3.8) is 0 Å². The third kappa shape index (κ3) is 2.16. The van der Waals surface area contributed by atoms with Gasteiger partial charge in [0.25, 0.3) is 0 Å². The standard InChI is InChI=1S/C13H16N2O3/c1-4-11-8(2)14-15(9(11)3)7-10-5-6-12(18-10)13(16)17/h5-6H,4,7H2,1-3H3,(H,16,17). The smallest absolute Gasteiger partial charge is 0.371 e. The van der Waals surface area contributed by atoms with E-state index in [0.717, 1.165) is 17.8 Å². The Hall–Kier alpha value is -2.04. The summed E-state index contributed by atoms with van der Waals surface area (Å²) in [6.07, 6.45) is 0.941. The lowest BCUT2D eigenvalue weighted by Crippen LogP contribution is -2.03. The van der Waals surface area contributed by atoms with Crippen LogP contribution in [0.3, 0.4) is 0 Å². The van der Waals surface area contributed by atoms with Gasteiger partial charge in [-0.3, -0.25) is 4.68 Å². The number of hydrogen-bond acceptors (Lipinski definition) is 3. The Bertz CT molecular complexity index is 581. The number of nitrogens with zero attached hydrogens (tertiary/aromatic N) is 2. The predicted molar refractivity (Wildman–Crippen MR) is 65.8 cm³/mol. The molecule has 0 saturated heterocycles. The Labute approximate surface area is 105 Å². The number of carboxylic acids is 1. The van der Waals surface area contributed by atoms with E-state index in [1.807, 2.05) is 18.5 Å². The van der Waals surface area contributed by atoms with E-state index in [-0.39, 0.29) is 5.76 Å². The second-order valence-corrected chi connectivity index (χ2v) is 4.23. The molecular weight excluding hydrogens is 232 g/mol. The fourth-order valence-corrected chi connectivity index (χ4v) is 2.13. The molecule has 0 amide bonds. The van der Waals surface area contributed by atoms with Gasteiger partial charge in [0, 0.05) is 5.69 Å². The molecule has 0 aromatic carbocycles. The maximum Gasteiger partial charge on any atom is 0.371 e. The van der Waals surface area contributed by atoms with Gasteiger partial charge in [0.05, 0.1) is 12.2 Å². The lowest BCUT2D eigenvalue weighted by atomic mass is 10.1. The second kappa shape index (κ2) is 4.68. The summed E-state index contributed by atoms with van der Waals surface area (Å²) >= 11 is 0. The van der Waals surface area contributed by atoms with E-state index in [2.05, 4.69) is 12.0 Å². The van der Waals surface area contributed by atoms with Crippen LogP contribution in [0, 0.1) is 13.8 Å². The van der Waals surface area contributed by atoms with Gasteiger partial charge >= 0.3 is 5.97 Å². The normalized spacial score (nSPS) is 10.8. The van der Waals surface area contributed by atoms with Crippen molar-refractivity contribution >= 4 is 5.97 Å². The van der Waals surface area contributed by atoms with Crippen LogP contribution in [0.25, 0.3) is 0 Å². The summed E-state index contributed by atoms with van der Waals surface area (Å²) in [6, 6.07) is 3.13. The van der Waals surface area contributed by atoms with Crippen LogP contribution in [-0.4, -0.2) is 20.9 Å². The van der Waals surface area contributed by atoms with Gasteiger partial charge in [-0.2, -0.15) is 5.10 Å². The van der Waals surface area contributed by atoms with Gasteiger partial charge in [-0.1, -0.05) is 6.92 Å². The van der Waals surface area contributed by atoms with Gasteiger partial charge in [-0.25, -0.2) is 4.79 Å². The first-order valence-electron chi connectivity index (χ1n) is 5.87. The summed E-state index contributed by atoms with van der Waals surface area (Å²) in [5, 5.41) is 13.2. The average Bonchev–Trinajstić information content (AvgIpc) is 2.86. The minimum absolute atomic E-state index is 0.0396. The Morgan fingerprint density at radius 3 is 2.67 bits per heavy atom. The molecule has 1 N–H and O–H groups in total. The zero-order chi connectivity index (χ0) is 13.3. The van der Waals surface area contributed by atoms with Crippen molar-refractivity contribution in [3.05, 3.63) is 40.6 Å². The number of carbonyl (C=O) groups is 1. The SMILES string of the molecule is CCc1c(C)nn(Cc2ccc(C(=O)O)o2)c1C. The van der Waals surface area contributed by atoms with E-state index in [0.29, 0.717) is 12.3 Å². The van der Waals surface area contributed by atoms with Gasteiger partial charge in [-0.05, 0) is 38.0 Å². The Morgan fingerprint density at radius 1 is 1.44 bits per heavy atom. The van der Waals surface area contributed by atoms with Crippen LogP contribution < -0.4 is 0 Å². The van der Waals surface area contributed by atoms with Gasteiger partial charge in [0.2, 0.25) is 5.76 Å². The van der Waals surface area contributed by atoms with E-state index in [9.17, 15) is 4.79 Å². The highest BCUT2D eigenvalue weighted by Gasteiger charge is 2.13. The Morgan fingerprint density at radius 2 is 2.17 bits per heavy atom. The molecule has 5 nitrogen and oxygen atoms in total. The van der Waals surface area contributed by atoms with Crippen LogP contribution in [-0.2, 0) is 13.0 Å². The number of hydrogen-bond donors (Lipinski definition) is 1. The van der Waals surface area contributed by atoms with Crippen LogP contribution >= 0.6 is 0 Å². The van der Waals surface area contributed by atoms with Crippen molar-refractivity contribution in [3.8, 4) is 0 Å². The monoisotopic (exact) mass is 248 g/mol. The van der Waals surface area contributed by atoms with Crippen molar-refractivity contribution in [2.45, 2.75) is 33.7 Å². The summed E-state index contributed by atoms with van der Waals surface area (Å²) in [6.45, 7) is 6.55. The zero-order valence-electron chi connectivity index (χ0n) is 10.7. The number of aryl methyl sites for hydroxylation is 1. The molecule has 0 atom stereocenters. The summed E-state index contributed by atoms with van der Waals surface area (Å²) in [5.41, 5.74) is 3.35. The molecule has 0 aliphatic heterocycles. The molecule has 0 aliphatic rings. The van der Waals surface area contributed by atoms with Crippen molar-refractivity contribution in [2.75, 3.05) is 0 Å². The summed E-state index contributed by atoms with van der Waals surface area (Å²) < 4.78 is 7.07. The van der Waals surface area contributed by atoms with Crippen molar-refractivity contribution in [1.29, 1.82) is 0 Å². The summed E-state index contributed by atoms with van der Waals surface area (Å²) in [5.74, 6) is -0.494. The maximum atomic E-state index is 10.7. The lowest BCUT2D eigenvalue weighted by molar-refractivity contribution is 0.0660. The van der Waals surface area contributed by atoms with E-state index in [1.54, 1.807) is 6.07 Å². The van der Waals surface area contributed by atoms with Crippen LogP contribution in [0.2, 0.25) is 0 Å². The topological polar surface area (TPSA) is 68.3 Å². The van der Waals surface area contributed by atoms with Crippen LogP contribution in [0.4, 0.5) is 0 Å². The number of rotatable bonds is 4. The van der Waals surface area contributed by atoms with E-state index in [4.69, 9.17) is 9.52 Å². The number of carboxylic acid groups (broad SMARTS) is 1. The molecule has 96 valence electrons. The van der Waals surface area contributed by atoms with E-state index < -0.39 is 5.97 Å². The molecule has 0 aliphatic carbocycles. The zero-order valence-corrected chi connectivity index (χ0v) is 10.7. The molecule has 5 heteroatoms. The molecule has 0 spiro atoms. The molecule has 0 unspecified atom stereocenters. The fraction of sp³-hybridized carbons (Fsp3) is 0.385. The molecule has 2 aromatic heterocycles. The third-order valence-corrected chi connectivity index (χ3v) is 3.06. The first-order chi connectivity index (χ1) is 8.52. The van der Waals surface area contributed by atoms with Crippen LogP contribution in [0.1, 0.15) is 40.2 Å². The second-order valence-electron chi connectivity index (χ2n) is 4.23. The average molecular weight is 248 g/mol. The van der Waals surface area contributed by atoms with Gasteiger partial charge in [0.1, 0.15) is 5.76 Å². The molecule has 18 heavy (non-hydrogen) atoms. The minimum Gasteiger partial charge on any atom is -0.475 e. The van der Waals surface area contributed by atoms with Crippen molar-refractivity contribution < 1.29 is 14.3 Å². The number of furan rings is 1. The minimum atomic E-state index is -1.05. The highest BCUT2D eigenvalue weighted by Crippen LogP contribution is 2.16. The quantitative estimate of drug-likeness (QED) is 0.902. The van der Waals surface area contributed by atoms with Gasteiger partial charge in [0.15, 0.2) is 0 Å². The third-order valence-electron chi connectivity index (χ3n) is 3.06. The molecule has 2 rings (SSSR count). The molecule has 0 fully saturated rings. The molecule has 0 bridgehead atoms. The van der Waals surface area contributed by atoms with Crippen LogP contribution in [0.15, 0.2) is 16.5 Å². The van der Waals surface area contributed by atoms with Crippen molar-refractivity contribution in [2.24, 2.45) is 0 Å². The summed E-state index contributed by atoms with van der Waals surface area (Å²) in [4.78, 5) is 10.7. The number of aromatic carboxylic acids is 1. The fourth-order valence-electron chi connectivity index (χ4n) is 2.13. The van der Waals surface area contributed by atoms with Crippen molar-refractivity contribution in [1.82, 2.24) is 9.78 Å². The molecule has 2 heterocycles.